The zero-order valence-electron chi connectivity index (χ0n) is 15.2. The Labute approximate surface area is 159 Å². The number of benzene rings is 1. The maximum absolute atomic E-state index is 12.6. The van der Waals surface area contributed by atoms with Gasteiger partial charge in [0.1, 0.15) is 0 Å². The zero-order chi connectivity index (χ0) is 19.4. The summed E-state index contributed by atoms with van der Waals surface area (Å²) in [6.07, 6.45) is 6.51. The van der Waals surface area contributed by atoms with Crippen LogP contribution in [0.25, 0.3) is 0 Å². The lowest BCUT2D eigenvalue weighted by molar-refractivity contribution is -0.384. The molecule has 1 saturated heterocycles. The fourth-order valence-corrected chi connectivity index (χ4v) is 5.16. The molecule has 8 nitrogen and oxygen atoms in total. The molecule has 1 heterocycles. The third-order valence-corrected chi connectivity index (χ3v) is 6.98. The number of carbonyl (C=O) groups excluding carboxylic acids is 1. The number of rotatable bonds is 5. The number of likely N-dealkylation sites (tertiary alicyclic amines) is 1. The predicted octanol–water partition coefficient (Wildman–Crippen LogP) is 2.44. The first-order chi connectivity index (χ1) is 12.9. The molecule has 2 fully saturated rings. The number of amides is 1. The molecule has 1 amide bonds. The van der Waals surface area contributed by atoms with E-state index in [0.29, 0.717) is 25.9 Å². The van der Waals surface area contributed by atoms with Crippen LogP contribution < -0.4 is 4.72 Å². The molecule has 3 rings (SSSR count). The molecule has 9 heteroatoms. The van der Waals surface area contributed by atoms with Crippen LogP contribution in [0.3, 0.4) is 0 Å². The van der Waals surface area contributed by atoms with E-state index >= 15 is 0 Å². The van der Waals surface area contributed by atoms with Gasteiger partial charge in [-0.25, -0.2) is 13.1 Å². The SMILES string of the molecule is O=C(C1CCCCC1)N1CCC(NS(=O)(=O)c2ccc([N+](=O)[O-])cc2)CC1. The molecule has 1 aromatic carbocycles. The van der Waals surface area contributed by atoms with Crippen LogP contribution in [0, 0.1) is 16.0 Å². The van der Waals surface area contributed by atoms with Crippen molar-refractivity contribution in [2.75, 3.05) is 13.1 Å². The highest BCUT2D eigenvalue weighted by atomic mass is 32.2. The Bertz CT molecular complexity index is 780. The van der Waals surface area contributed by atoms with Gasteiger partial charge in [-0.1, -0.05) is 19.3 Å². The Morgan fingerprint density at radius 2 is 1.63 bits per heavy atom. The molecule has 0 bridgehead atoms. The average molecular weight is 395 g/mol. The number of sulfonamides is 1. The van der Waals surface area contributed by atoms with E-state index in [-0.39, 0.29) is 28.4 Å². The number of nitro benzene ring substituents is 1. The van der Waals surface area contributed by atoms with Crippen LogP contribution in [-0.4, -0.2) is 43.3 Å². The summed E-state index contributed by atoms with van der Waals surface area (Å²) in [5.41, 5.74) is -0.150. The molecule has 0 atom stereocenters. The number of piperidine rings is 1. The molecule has 148 valence electrons. The van der Waals surface area contributed by atoms with Crippen molar-refractivity contribution in [3.8, 4) is 0 Å². The van der Waals surface area contributed by atoms with E-state index < -0.39 is 14.9 Å². The van der Waals surface area contributed by atoms with Crippen molar-refractivity contribution in [2.45, 2.75) is 55.9 Å². The minimum Gasteiger partial charge on any atom is -0.342 e. The molecule has 0 unspecified atom stereocenters. The molecular weight excluding hydrogens is 370 g/mol. The first kappa shape index (κ1) is 19.8. The van der Waals surface area contributed by atoms with Crippen LogP contribution in [-0.2, 0) is 14.8 Å². The molecule has 1 N–H and O–H groups in total. The number of carbonyl (C=O) groups is 1. The lowest BCUT2D eigenvalue weighted by Gasteiger charge is -2.35. The van der Waals surface area contributed by atoms with Gasteiger partial charge in [0.05, 0.1) is 9.82 Å². The fourth-order valence-electron chi connectivity index (χ4n) is 3.86. The topological polar surface area (TPSA) is 110 Å². The lowest BCUT2D eigenvalue weighted by Crippen LogP contribution is -2.48. The van der Waals surface area contributed by atoms with Gasteiger partial charge in [-0.15, -0.1) is 0 Å². The Morgan fingerprint density at radius 1 is 1.04 bits per heavy atom. The van der Waals surface area contributed by atoms with Crippen LogP contribution in [0.5, 0.6) is 0 Å². The molecule has 0 radical (unpaired) electrons. The van der Waals surface area contributed by atoms with E-state index in [0.717, 1.165) is 25.7 Å². The summed E-state index contributed by atoms with van der Waals surface area (Å²) in [6.45, 7) is 1.12. The summed E-state index contributed by atoms with van der Waals surface area (Å²) in [5, 5.41) is 10.7. The molecule has 1 aliphatic carbocycles. The summed E-state index contributed by atoms with van der Waals surface area (Å²) < 4.78 is 27.6. The van der Waals surface area contributed by atoms with Crippen molar-refractivity contribution >= 4 is 21.6 Å². The molecule has 0 spiro atoms. The number of nitrogens with one attached hydrogen (secondary N) is 1. The van der Waals surface area contributed by atoms with Gasteiger partial charge in [-0.05, 0) is 37.8 Å². The molecule has 1 saturated carbocycles. The van der Waals surface area contributed by atoms with Crippen molar-refractivity contribution in [2.24, 2.45) is 5.92 Å². The Kier molecular flexibility index (Phi) is 6.11. The second kappa shape index (κ2) is 8.35. The highest BCUT2D eigenvalue weighted by Gasteiger charge is 2.30. The first-order valence-electron chi connectivity index (χ1n) is 9.42. The van der Waals surface area contributed by atoms with Crippen LogP contribution in [0.15, 0.2) is 29.2 Å². The average Bonchev–Trinajstić information content (AvgIpc) is 2.68. The minimum atomic E-state index is -3.74. The van der Waals surface area contributed by atoms with Gasteiger partial charge in [0.25, 0.3) is 5.69 Å². The number of non-ortho nitro benzene ring substituents is 1. The maximum Gasteiger partial charge on any atom is 0.269 e. The normalized spacial score (nSPS) is 19.8. The van der Waals surface area contributed by atoms with Crippen molar-refractivity contribution in [3.63, 3.8) is 0 Å². The van der Waals surface area contributed by atoms with Gasteiger partial charge in [0.15, 0.2) is 0 Å². The molecule has 1 aromatic rings. The van der Waals surface area contributed by atoms with Crippen LogP contribution in [0.4, 0.5) is 5.69 Å². The standard InChI is InChI=1S/C18H25N3O5S/c22-18(14-4-2-1-3-5-14)20-12-10-15(11-13-20)19-27(25,26)17-8-6-16(7-9-17)21(23)24/h6-9,14-15,19H,1-5,10-13H2. The van der Waals surface area contributed by atoms with Gasteiger partial charge in [-0.2, -0.15) is 0 Å². The van der Waals surface area contributed by atoms with Crippen molar-refractivity contribution in [3.05, 3.63) is 34.4 Å². The van der Waals surface area contributed by atoms with Gasteiger partial charge >= 0.3 is 0 Å². The van der Waals surface area contributed by atoms with Gasteiger partial charge in [0, 0.05) is 37.2 Å². The second-order valence-corrected chi connectivity index (χ2v) is 9.02. The summed E-state index contributed by atoms with van der Waals surface area (Å²) in [4.78, 5) is 24.6. The van der Waals surface area contributed by atoms with E-state index in [1.807, 2.05) is 4.90 Å². The van der Waals surface area contributed by atoms with E-state index in [4.69, 9.17) is 0 Å². The van der Waals surface area contributed by atoms with Crippen molar-refractivity contribution in [1.29, 1.82) is 0 Å². The molecular formula is C18H25N3O5S. The predicted molar refractivity (Wildman–Crippen MR) is 99.6 cm³/mol. The summed E-state index contributed by atoms with van der Waals surface area (Å²) in [7, 11) is -3.74. The number of hydrogen-bond donors (Lipinski definition) is 1. The van der Waals surface area contributed by atoms with Gasteiger partial charge in [0.2, 0.25) is 15.9 Å². The van der Waals surface area contributed by atoms with E-state index in [1.165, 1.54) is 30.7 Å². The molecule has 27 heavy (non-hydrogen) atoms. The van der Waals surface area contributed by atoms with E-state index in [1.54, 1.807) is 0 Å². The summed E-state index contributed by atoms with van der Waals surface area (Å²) in [6, 6.07) is 4.60. The smallest absolute Gasteiger partial charge is 0.269 e. The molecule has 1 aliphatic heterocycles. The quantitative estimate of drug-likeness (QED) is 0.608. The molecule has 2 aliphatic rings. The van der Waals surface area contributed by atoms with Crippen LogP contribution in [0.2, 0.25) is 0 Å². The third kappa shape index (κ3) is 4.84. The fraction of sp³-hybridized carbons (Fsp3) is 0.611. The monoisotopic (exact) mass is 395 g/mol. The Morgan fingerprint density at radius 3 is 2.19 bits per heavy atom. The second-order valence-electron chi connectivity index (χ2n) is 7.31. The maximum atomic E-state index is 12.6. The van der Waals surface area contributed by atoms with Crippen molar-refractivity contribution < 1.29 is 18.1 Å². The van der Waals surface area contributed by atoms with E-state index in [2.05, 4.69) is 4.72 Å². The van der Waals surface area contributed by atoms with Gasteiger partial charge in [-0.3, -0.25) is 14.9 Å². The zero-order valence-corrected chi connectivity index (χ0v) is 16.0. The Balaban J connectivity index is 1.54. The van der Waals surface area contributed by atoms with Gasteiger partial charge < -0.3 is 4.90 Å². The highest BCUT2D eigenvalue weighted by Crippen LogP contribution is 2.27. The highest BCUT2D eigenvalue weighted by molar-refractivity contribution is 7.89. The summed E-state index contributed by atoms with van der Waals surface area (Å²) >= 11 is 0. The number of hydrogen-bond acceptors (Lipinski definition) is 5. The van der Waals surface area contributed by atoms with E-state index in [9.17, 15) is 23.3 Å². The first-order valence-corrected chi connectivity index (χ1v) is 10.9. The third-order valence-electron chi connectivity index (χ3n) is 5.44. The molecule has 0 aromatic heterocycles. The minimum absolute atomic E-state index is 0.00816. The van der Waals surface area contributed by atoms with Crippen LogP contribution >= 0.6 is 0 Å². The van der Waals surface area contributed by atoms with Crippen molar-refractivity contribution in [1.82, 2.24) is 9.62 Å². The Hall–Kier alpha value is -2.00. The summed E-state index contributed by atoms with van der Waals surface area (Å²) in [5.74, 6) is 0.346. The number of nitrogens with zero attached hydrogens (tertiary/aromatic N) is 2. The largest absolute Gasteiger partial charge is 0.342 e. The number of nitro groups is 1. The lowest BCUT2D eigenvalue weighted by atomic mass is 9.87. The van der Waals surface area contributed by atoms with Crippen LogP contribution in [0.1, 0.15) is 44.9 Å².